The second kappa shape index (κ2) is 1.94. The van der Waals surface area contributed by atoms with E-state index in [1.807, 2.05) is 0 Å². The zero-order chi connectivity index (χ0) is 6.27. The van der Waals surface area contributed by atoms with Crippen molar-refractivity contribution in [1.29, 1.82) is 0 Å². The van der Waals surface area contributed by atoms with E-state index in [0.29, 0.717) is 12.2 Å². The molecule has 0 aromatic carbocycles. The summed E-state index contributed by atoms with van der Waals surface area (Å²) < 4.78 is 5.52. The first-order valence-electron chi connectivity index (χ1n) is 3.48. The average Bonchev–Trinajstić information content (AvgIpc) is 2.09. The van der Waals surface area contributed by atoms with Crippen molar-refractivity contribution < 1.29 is 4.74 Å². The van der Waals surface area contributed by atoms with Crippen LogP contribution in [0.4, 0.5) is 0 Å². The lowest BCUT2D eigenvalue weighted by Crippen LogP contribution is -2.42. The Kier molecular flexibility index (Phi) is 1.22. The molecule has 2 aliphatic rings. The van der Waals surface area contributed by atoms with Gasteiger partial charge in [0, 0.05) is 19.1 Å². The van der Waals surface area contributed by atoms with Crippen LogP contribution in [0.15, 0.2) is 0 Å². The number of hydrogen-bond acceptors (Lipinski definition) is 3. The van der Waals surface area contributed by atoms with Crippen LogP contribution in [-0.4, -0.2) is 31.3 Å². The van der Waals surface area contributed by atoms with Gasteiger partial charge in [-0.3, -0.25) is 0 Å². The first-order valence-corrected chi connectivity index (χ1v) is 3.48. The Morgan fingerprint density at radius 1 is 1.44 bits per heavy atom. The van der Waals surface area contributed by atoms with Gasteiger partial charge in [-0.2, -0.15) is 0 Å². The van der Waals surface area contributed by atoms with Crippen molar-refractivity contribution >= 4 is 0 Å². The average molecular weight is 128 g/mol. The van der Waals surface area contributed by atoms with E-state index in [-0.39, 0.29) is 6.04 Å². The monoisotopic (exact) mass is 128 g/mol. The van der Waals surface area contributed by atoms with E-state index < -0.39 is 0 Å². The van der Waals surface area contributed by atoms with Gasteiger partial charge >= 0.3 is 0 Å². The number of ether oxygens (including phenoxy) is 1. The second-order valence-electron chi connectivity index (χ2n) is 2.85. The Balaban J connectivity index is 2.07. The molecular formula is C6H12N2O. The molecule has 0 amide bonds. The predicted octanol–water partition coefficient (Wildman–Crippen LogP) is -0.926. The molecule has 3 nitrogen and oxygen atoms in total. The third-order valence-corrected chi connectivity index (χ3v) is 2.10. The summed E-state index contributed by atoms with van der Waals surface area (Å²) in [4.78, 5) is 0. The van der Waals surface area contributed by atoms with Crippen molar-refractivity contribution in [2.24, 2.45) is 5.73 Å². The molecule has 2 aliphatic heterocycles. The molecular weight excluding hydrogens is 116 g/mol. The van der Waals surface area contributed by atoms with Crippen LogP contribution in [0.1, 0.15) is 6.42 Å². The van der Waals surface area contributed by atoms with Crippen molar-refractivity contribution in [3.8, 4) is 0 Å². The lowest BCUT2D eigenvalue weighted by atomic mass is 10.1. The van der Waals surface area contributed by atoms with E-state index in [1.165, 1.54) is 0 Å². The summed E-state index contributed by atoms with van der Waals surface area (Å²) in [6.07, 6.45) is 1.74. The van der Waals surface area contributed by atoms with Gasteiger partial charge in [-0.1, -0.05) is 0 Å². The van der Waals surface area contributed by atoms with Crippen molar-refractivity contribution in [2.45, 2.75) is 24.7 Å². The molecule has 0 radical (unpaired) electrons. The number of fused-ring (bicyclic) bond motifs is 2. The Labute approximate surface area is 54.6 Å². The van der Waals surface area contributed by atoms with Crippen LogP contribution in [0.25, 0.3) is 0 Å². The summed E-state index contributed by atoms with van der Waals surface area (Å²) in [5, 5.41) is 3.27. The zero-order valence-corrected chi connectivity index (χ0v) is 5.34. The van der Waals surface area contributed by atoms with E-state index >= 15 is 0 Å². The van der Waals surface area contributed by atoms with Crippen LogP contribution in [0.2, 0.25) is 0 Å². The first-order chi connectivity index (χ1) is 4.36. The van der Waals surface area contributed by atoms with Gasteiger partial charge < -0.3 is 15.8 Å². The van der Waals surface area contributed by atoms with Gasteiger partial charge in [-0.05, 0) is 6.42 Å². The van der Waals surface area contributed by atoms with E-state index in [0.717, 1.165) is 19.5 Å². The number of hydrogen-bond donors (Lipinski definition) is 2. The minimum atomic E-state index is 0.282. The van der Waals surface area contributed by atoms with E-state index in [9.17, 15) is 0 Å². The molecule has 2 rings (SSSR count). The van der Waals surface area contributed by atoms with Gasteiger partial charge in [0.2, 0.25) is 0 Å². The fourth-order valence-corrected chi connectivity index (χ4v) is 1.58. The summed E-state index contributed by atoms with van der Waals surface area (Å²) in [6, 6.07) is 0.282. The highest BCUT2D eigenvalue weighted by molar-refractivity contribution is 4.91. The maximum absolute atomic E-state index is 5.75. The molecule has 0 spiro atoms. The zero-order valence-electron chi connectivity index (χ0n) is 5.34. The first kappa shape index (κ1) is 5.65. The molecule has 52 valence electrons. The van der Waals surface area contributed by atoms with Gasteiger partial charge in [0.25, 0.3) is 0 Å². The lowest BCUT2D eigenvalue weighted by molar-refractivity contribution is 0.0153. The van der Waals surface area contributed by atoms with Crippen LogP contribution in [0.3, 0.4) is 0 Å². The highest BCUT2D eigenvalue weighted by Crippen LogP contribution is 2.20. The van der Waals surface area contributed by atoms with E-state index in [4.69, 9.17) is 10.5 Å². The molecule has 0 aromatic rings. The maximum atomic E-state index is 5.75. The minimum absolute atomic E-state index is 0.282. The van der Waals surface area contributed by atoms with Crippen LogP contribution in [0, 0.1) is 0 Å². The van der Waals surface area contributed by atoms with Gasteiger partial charge in [0.15, 0.2) is 0 Å². The molecule has 3 atom stereocenters. The van der Waals surface area contributed by atoms with Crippen LogP contribution in [0.5, 0.6) is 0 Å². The molecule has 2 heterocycles. The molecule has 3 heteroatoms. The summed E-state index contributed by atoms with van der Waals surface area (Å²) in [7, 11) is 0. The van der Waals surface area contributed by atoms with Crippen LogP contribution < -0.4 is 11.1 Å². The molecule has 0 saturated carbocycles. The standard InChI is InChI=1S/C6H12N2O/c7-5-1-4-2-8-3-6(5)9-4/h4-6,8H,1-3,7H2/t4?,5-,6+/m0/s1. The van der Waals surface area contributed by atoms with Gasteiger partial charge in [0.1, 0.15) is 0 Å². The fraction of sp³-hybridized carbons (Fsp3) is 1.00. The second-order valence-corrected chi connectivity index (χ2v) is 2.85. The highest BCUT2D eigenvalue weighted by Gasteiger charge is 2.35. The largest absolute Gasteiger partial charge is 0.371 e. The molecule has 9 heavy (non-hydrogen) atoms. The summed E-state index contributed by atoms with van der Waals surface area (Å²) in [5.41, 5.74) is 5.75. The molecule has 2 fully saturated rings. The van der Waals surface area contributed by atoms with Crippen molar-refractivity contribution in [3.63, 3.8) is 0 Å². The number of nitrogens with one attached hydrogen (secondary N) is 1. The van der Waals surface area contributed by atoms with Crippen LogP contribution >= 0.6 is 0 Å². The minimum Gasteiger partial charge on any atom is -0.371 e. The van der Waals surface area contributed by atoms with Gasteiger partial charge in [0.05, 0.1) is 12.2 Å². The fourth-order valence-electron chi connectivity index (χ4n) is 1.58. The lowest BCUT2D eigenvalue weighted by Gasteiger charge is -2.21. The third kappa shape index (κ3) is 0.852. The van der Waals surface area contributed by atoms with Crippen LogP contribution in [-0.2, 0) is 4.74 Å². The van der Waals surface area contributed by atoms with Gasteiger partial charge in [-0.15, -0.1) is 0 Å². The highest BCUT2D eigenvalue weighted by atomic mass is 16.5. The van der Waals surface area contributed by atoms with Crippen molar-refractivity contribution in [1.82, 2.24) is 5.32 Å². The van der Waals surface area contributed by atoms with Gasteiger partial charge in [-0.25, -0.2) is 0 Å². The number of morpholine rings is 1. The molecule has 0 aromatic heterocycles. The topological polar surface area (TPSA) is 47.3 Å². The molecule has 1 unspecified atom stereocenters. The Hall–Kier alpha value is -0.120. The van der Waals surface area contributed by atoms with Crippen molar-refractivity contribution in [2.75, 3.05) is 13.1 Å². The maximum Gasteiger partial charge on any atom is 0.0855 e. The molecule has 2 saturated heterocycles. The number of rotatable bonds is 0. The summed E-state index contributed by atoms with van der Waals surface area (Å²) >= 11 is 0. The SMILES string of the molecule is N[C@H]1CC2CNC[C@H]1O2. The summed E-state index contributed by atoms with van der Waals surface area (Å²) in [6.45, 7) is 1.93. The molecule has 2 bridgehead atoms. The smallest absolute Gasteiger partial charge is 0.0855 e. The Morgan fingerprint density at radius 3 is 3.00 bits per heavy atom. The normalized spacial score (nSPS) is 49.7. The third-order valence-electron chi connectivity index (χ3n) is 2.10. The Morgan fingerprint density at radius 2 is 2.33 bits per heavy atom. The predicted molar refractivity (Wildman–Crippen MR) is 34.1 cm³/mol. The molecule has 3 N–H and O–H groups in total. The quantitative estimate of drug-likeness (QED) is 0.443. The summed E-state index contributed by atoms with van der Waals surface area (Å²) in [5.74, 6) is 0. The van der Waals surface area contributed by atoms with E-state index in [1.54, 1.807) is 0 Å². The Bertz CT molecular complexity index is 116. The number of nitrogens with two attached hydrogens (primary N) is 1. The van der Waals surface area contributed by atoms with E-state index in [2.05, 4.69) is 5.32 Å². The van der Waals surface area contributed by atoms with Crippen molar-refractivity contribution in [3.05, 3.63) is 0 Å². The molecule has 0 aliphatic carbocycles.